The average Bonchev–Trinajstić information content (AvgIpc) is 3.18. The lowest BCUT2D eigenvalue weighted by Gasteiger charge is -2.41. The minimum atomic E-state index is -4.60. The van der Waals surface area contributed by atoms with Crippen molar-refractivity contribution < 1.29 is 55.0 Å². The van der Waals surface area contributed by atoms with Gasteiger partial charge in [0.05, 0.1) is 37.0 Å². The summed E-state index contributed by atoms with van der Waals surface area (Å²) in [7, 11) is -0.970. The van der Waals surface area contributed by atoms with Crippen LogP contribution in [0.4, 0.5) is 18.9 Å². The highest BCUT2D eigenvalue weighted by atomic mass is 35.5. The van der Waals surface area contributed by atoms with Crippen LogP contribution in [0.1, 0.15) is 103 Å². The topological polar surface area (TPSA) is 155 Å². The van der Waals surface area contributed by atoms with Crippen molar-refractivity contribution >= 4 is 56.0 Å². The Hall–Kier alpha value is -4.74. The predicted octanol–water partition coefficient (Wildman–Crippen LogP) is 6.53. The van der Waals surface area contributed by atoms with E-state index in [0.29, 0.717) is 29.1 Å². The summed E-state index contributed by atoms with van der Waals surface area (Å²) >= 11 is 5.69. The molecular weight excluding hydrogens is 851 g/mol. The molecule has 3 aromatic carbocycles. The van der Waals surface area contributed by atoms with Crippen LogP contribution in [0.25, 0.3) is 16.7 Å². The number of rotatable bonds is 17. The fraction of sp³-hybridized carbons (Fsp3) is 0.444. The van der Waals surface area contributed by atoms with Gasteiger partial charge in [0.2, 0.25) is 5.36 Å². The van der Waals surface area contributed by atoms with Crippen molar-refractivity contribution in [3.8, 4) is 11.5 Å². The fourth-order valence-corrected chi connectivity index (χ4v) is 9.02. The van der Waals surface area contributed by atoms with E-state index in [-0.39, 0.29) is 65.4 Å². The van der Waals surface area contributed by atoms with Gasteiger partial charge in [-0.1, -0.05) is 18.9 Å². The Balaban J connectivity index is 1.52. The summed E-state index contributed by atoms with van der Waals surface area (Å²) in [5.41, 5.74) is -2.48. The average molecular weight is 903 g/mol. The number of hydrogen-bond donors (Lipinski definition) is 3. The highest BCUT2D eigenvalue weighted by molar-refractivity contribution is 7.86. The Morgan fingerprint density at radius 2 is 1.53 bits per heavy atom. The Morgan fingerprint density at radius 1 is 0.871 bits per heavy atom. The molecule has 3 aliphatic heterocycles. The molecule has 0 saturated carbocycles. The summed E-state index contributed by atoms with van der Waals surface area (Å²) in [6.07, 6.45) is 7.44. The minimum Gasteiger partial charge on any atom is -0.478 e. The van der Waals surface area contributed by atoms with Crippen molar-refractivity contribution in [3.63, 3.8) is 0 Å². The van der Waals surface area contributed by atoms with E-state index in [1.807, 2.05) is 57.2 Å². The molecule has 6 rings (SSSR count). The second-order valence-electron chi connectivity index (χ2n) is 16.8. The van der Waals surface area contributed by atoms with Crippen LogP contribution in [-0.2, 0) is 19.6 Å². The molecule has 62 heavy (non-hydrogen) atoms. The molecule has 3 N–H and O–H groups in total. The third-order valence-corrected chi connectivity index (χ3v) is 12.6. The monoisotopic (exact) mass is 902 g/mol. The van der Waals surface area contributed by atoms with Crippen molar-refractivity contribution in [1.82, 2.24) is 9.89 Å². The SMILES string of the molecule is CC1=CC(C)(C)N(C)c2cc3c(cc21)C(c1c(F)c(C(=O)NCCOCCOCCCCCCCl)c(F)c(F)c1C(=O)O)=c1cc2c(cc1O3)=[N+](C)C(C)(C)C=C2CS(=O)(=O)O. The third-order valence-electron chi connectivity index (χ3n) is 11.7. The zero-order valence-corrected chi connectivity index (χ0v) is 37.4. The normalized spacial score (nSPS) is 16.1. The van der Waals surface area contributed by atoms with Gasteiger partial charge in [0.1, 0.15) is 41.2 Å². The number of allylic oxidation sites excluding steroid dienone is 1. The number of amides is 1. The highest BCUT2D eigenvalue weighted by Crippen LogP contribution is 2.47. The smallest absolute Gasteiger partial charge is 0.339 e. The molecule has 3 heterocycles. The first-order valence-corrected chi connectivity index (χ1v) is 22.4. The first-order chi connectivity index (χ1) is 29.1. The molecule has 0 aromatic heterocycles. The van der Waals surface area contributed by atoms with E-state index >= 15 is 13.2 Å². The molecule has 1 amide bonds. The molecule has 17 heteroatoms. The number of alkyl halides is 1. The van der Waals surface area contributed by atoms with Crippen LogP contribution >= 0.6 is 11.6 Å². The van der Waals surface area contributed by atoms with Gasteiger partial charge in [0.15, 0.2) is 17.2 Å². The number of ether oxygens (including phenoxy) is 3. The number of likely N-dealkylation sites (N-methyl/N-ethyl adjacent to an activating group) is 2. The number of unbranched alkanes of at least 4 members (excludes halogenated alkanes) is 3. The van der Waals surface area contributed by atoms with E-state index in [1.165, 1.54) is 6.07 Å². The Labute approximate surface area is 364 Å². The molecule has 0 fully saturated rings. The Bertz CT molecular complexity index is 2650. The number of nitrogens with one attached hydrogen (secondary N) is 1. The third kappa shape index (κ3) is 9.30. The van der Waals surface area contributed by atoms with Gasteiger partial charge < -0.3 is 29.5 Å². The summed E-state index contributed by atoms with van der Waals surface area (Å²) < 4.78 is 104. The largest absolute Gasteiger partial charge is 0.478 e. The zero-order chi connectivity index (χ0) is 45.5. The Kier molecular flexibility index (Phi) is 13.7. The van der Waals surface area contributed by atoms with E-state index in [9.17, 15) is 27.7 Å². The zero-order valence-electron chi connectivity index (χ0n) is 35.8. The first-order valence-electron chi connectivity index (χ1n) is 20.3. The van der Waals surface area contributed by atoms with Gasteiger partial charge in [0, 0.05) is 79.2 Å². The van der Waals surface area contributed by atoms with Crippen LogP contribution in [0.3, 0.4) is 0 Å². The Morgan fingerprint density at radius 3 is 2.19 bits per heavy atom. The summed E-state index contributed by atoms with van der Waals surface area (Å²) in [6, 6.07) is 6.34. The van der Waals surface area contributed by atoms with Crippen molar-refractivity contribution in [3.05, 3.63) is 97.8 Å². The number of anilines is 1. The second kappa shape index (κ2) is 18.2. The molecule has 3 aromatic rings. The number of benzene rings is 3. The molecule has 0 saturated heterocycles. The number of carboxylic acid groups (broad SMARTS) is 1. The van der Waals surface area contributed by atoms with Crippen molar-refractivity contribution in [2.24, 2.45) is 0 Å². The van der Waals surface area contributed by atoms with Crippen LogP contribution in [-0.4, -0.2) is 99.7 Å². The number of hydrogen-bond acceptors (Lipinski definition) is 8. The van der Waals surface area contributed by atoms with Crippen molar-refractivity contribution in [2.75, 3.05) is 63.6 Å². The van der Waals surface area contributed by atoms with E-state index in [2.05, 4.69) is 5.32 Å². The van der Waals surface area contributed by atoms with Crippen molar-refractivity contribution in [2.45, 2.75) is 71.4 Å². The van der Waals surface area contributed by atoms with Gasteiger partial charge in [-0.25, -0.2) is 22.5 Å². The molecule has 0 spiro atoms. The molecule has 12 nitrogen and oxygen atoms in total. The number of carboxylic acids is 1. The summed E-state index contributed by atoms with van der Waals surface area (Å²) in [6.45, 7) is 10.2. The summed E-state index contributed by atoms with van der Waals surface area (Å²) in [4.78, 5) is 28.6. The molecular formula is C45H52ClF3N3O9S+. The predicted molar refractivity (Wildman–Crippen MR) is 232 cm³/mol. The van der Waals surface area contributed by atoms with E-state index in [1.54, 1.807) is 31.3 Å². The van der Waals surface area contributed by atoms with E-state index < -0.39 is 73.0 Å². The first kappa shape index (κ1) is 46.8. The van der Waals surface area contributed by atoms with Gasteiger partial charge in [0.25, 0.3) is 16.0 Å². The van der Waals surface area contributed by atoms with E-state index in [0.717, 1.165) is 31.3 Å². The maximum atomic E-state index is 17.4. The maximum Gasteiger partial charge on any atom is 0.339 e. The molecule has 0 aliphatic carbocycles. The van der Waals surface area contributed by atoms with Crippen LogP contribution in [0.5, 0.6) is 11.5 Å². The number of carbonyl (C=O) groups is 2. The molecule has 0 unspecified atom stereocenters. The molecule has 0 bridgehead atoms. The molecule has 334 valence electrons. The minimum absolute atomic E-state index is 0.0127. The van der Waals surface area contributed by atoms with Crippen LogP contribution in [0.2, 0.25) is 0 Å². The molecule has 0 atom stereocenters. The van der Waals surface area contributed by atoms with Crippen LogP contribution in [0, 0.1) is 17.5 Å². The van der Waals surface area contributed by atoms with Gasteiger partial charge in [-0.3, -0.25) is 9.35 Å². The van der Waals surface area contributed by atoms with Gasteiger partial charge in [-0.2, -0.15) is 8.42 Å². The summed E-state index contributed by atoms with van der Waals surface area (Å²) in [5.74, 6) is -9.03. The fourth-order valence-electron chi connectivity index (χ4n) is 8.20. The quantitative estimate of drug-likeness (QED) is 0.0351. The number of nitrogens with zero attached hydrogens (tertiary/aromatic N) is 2. The maximum absolute atomic E-state index is 17.4. The lowest BCUT2D eigenvalue weighted by Crippen LogP contribution is -2.47. The second-order valence-corrected chi connectivity index (χ2v) is 18.6. The number of fused-ring (bicyclic) bond motifs is 4. The highest BCUT2D eigenvalue weighted by Gasteiger charge is 2.39. The number of carbonyl (C=O) groups excluding carboxylic acids is 1. The lowest BCUT2D eigenvalue weighted by molar-refractivity contribution is 0.0468. The molecule has 3 aliphatic rings. The van der Waals surface area contributed by atoms with Crippen LogP contribution in [0.15, 0.2) is 36.4 Å². The number of halogens is 4. The van der Waals surface area contributed by atoms with Gasteiger partial charge >= 0.3 is 5.97 Å². The molecule has 0 radical (unpaired) electrons. The number of aromatic carboxylic acids is 1. The van der Waals surface area contributed by atoms with Crippen molar-refractivity contribution in [1.29, 1.82) is 0 Å². The summed E-state index contributed by atoms with van der Waals surface area (Å²) in [5, 5.41) is 13.3. The van der Waals surface area contributed by atoms with E-state index in [4.69, 9.17) is 25.8 Å². The van der Waals surface area contributed by atoms with Crippen LogP contribution < -0.4 is 30.1 Å². The van der Waals surface area contributed by atoms with Gasteiger partial charge in [-0.15, -0.1) is 11.6 Å². The lowest BCUT2D eigenvalue weighted by atomic mass is 9.83. The standard InChI is InChI=1S/C45H51ClF3N3O9S/c1-25-22-44(2,3)51(6)31-20-33-29(18-27(25)31)35(30-19-28-26(24-62(56,57)58)23-45(4,5)52(7)32(28)21-34(30)61-33)36-37(43(54)55)40(48)41(49)38(39(36)47)42(53)50-13-15-60-17-16-59-14-11-9-8-10-12-46/h18-23H,8-17,24H2,1-7H3,(H2-,50,53,54,55,56,57,58)/p+1. The van der Waals surface area contributed by atoms with Gasteiger partial charge in [-0.05, 0) is 63.0 Å².